The number of nitrogens with two attached hydrogens (primary N) is 1. The number of thiazole rings is 1. The Labute approximate surface area is 252 Å². The van der Waals surface area contributed by atoms with E-state index in [1.807, 2.05) is 17.0 Å². The van der Waals surface area contributed by atoms with Crippen LogP contribution in [0.15, 0.2) is 29.1 Å². The summed E-state index contributed by atoms with van der Waals surface area (Å²) in [5, 5.41) is 9.09. The molecule has 0 radical (unpaired) electrons. The smallest absolute Gasteiger partial charge is 0.156 e. The summed E-state index contributed by atoms with van der Waals surface area (Å²) >= 11 is 1.54. The first-order valence-corrected chi connectivity index (χ1v) is 16.0. The fraction of sp³-hybridized carbons (Fsp3) is 0.567. The predicted molar refractivity (Wildman–Crippen MR) is 169 cm³/mol. The standard InChI is InChI=1S/C30H43N9O2S/c1-37-11-13-38(14-12-37)23-5-9-39(10-6-23)26-4-3-22(17-27(26)40-2)34-29-24(18-31)35-28(25-19-42-20-32-25)30(36-29)33-21-7-15-41-16-8-21/h3-4,17,19-21,23H,5-16,18,31H2,1-2H3,(H2,33,34,36). The van der Waals surface area contributed by atoms with Gasteiger partial charge in [0, 0.05) is 88.2 Å². The molecule has 3 saturated heterocycles. The Hall–Kier alpha value is -3.03. The average Bonchev–Trinajstić information content (AvgIpc) is 3.57. The van der Waals surface area contributed by atoms with Crippen molar-refractivity contribution >= 4 is 34.3 Å². The zero-order valence-corrected chi connectivity index (χ0v) is 25.5. The molecule has 3 aliphatic heterocycles. The zero-order chi connectivity index (χ0) is 28.9. The lowest BCUT2D eigenvalue weighted by Crippen LogP contribution is -2.52. The fourth-order valence-corrected chi connectivity index (χ4v) is 6.71. The molecular weight excluding hydrogens is 550 g/mol. The third-order valence-corrected chi connectivity index (χ3v) is 9.29. The number of rotatable bonds is 9. The zero-order valence-electron chi connectivity index (χ0n) is 24.7. The Morgan fingerprint density at radius 3 is 2.50 bits per heavy atom. The lowest BCUT2D eigenvalue weighted by atomic mass is 10.0. The van der Waals surface area contributed by atoms with E-state index >= 15 is 0 Å². The highest BCUT2D eigenvalue weighted by molar-refractivity contribution is 7.07. The van der Waals surface area contributed by atoms with Crippen LogP contribution in [0.4, 0.5) is 23.0 Å². The molecule has 3 fully saturated rings. The molecule has 4 N–H and O–H groups in total. The van der Waals surface area contributed by atoms with Crippen LogP contribution in [-0.4, -0.2) is 103 Å². The van der Waals surface area contributed by atoms with E-state index in [-0.39, 0.29) is 12.6 Å². The molecular formula is C30H43N9O2S. The summed E-state index contributed by atoms with van der Waals surface area (Å²) in [6.45, 7) is 8.47. The van der Waals surface area contributed by atoms with Crippen molar-refractivity contribution in [2.75, 3.05) is 82.2 Å². The first-order valence-electron chi connectivity index (χ1n) is 15.1. The van der Waals surface area contributed by atoms with Crippen LogP contribution < -0.4 is 26.0 Å². The Kier molecular flexibility index (Phi) is 9.35. The molecule has 11 nitrogen and oxygen atoms in total. The maximum atomic E-state index is 6.18. The van der Waals surface area contributed by atoms with E-state index in [0.29, 0.717) is 23.4 Å². The first kappa shape index (κ1) is 29.1. The number of likely N-dealkylation sites (N-methyl/N-ethyl adjacent to an activating group) is 1. The van der Waals surface area contributed by atoms with Crippen LogP contribution in [0.5, 0.6) is 5.75 Å². The first-order chi connectivity index (χ1) is 20.6. The Morgan fingerprint density at radius 2 is 1.81 bits per heavy atom. The van der Waals surface area contributed by atoms with Crippen LogP contribution in [-0.2, 0) is 11.3 Å². The number of benzene rings is 1. The lowest BCUT2D eigenvalue weighted by molar-refractivity contribution is 0.0904. The van der Waals surface area contributed by atoms with Gasteiger partial charge in [-0.25, -0.2) is 15.0 Å². The number of methoxy groups -OCH3 is 1. The van der Waals surface area contributed by atoms with Crippen LogP contribution in [0, 0.1) is 0 Å². The van der Waals surface area contributed by atoms with Gasteiger partial charge in [-0.2, -0.15) is 0 Å². The summed E-state index contributed by atoms with van der Waals surface area (Å²) in [6.07, 6.45) is 4.20. The summed E-state index contributed by atoms with van der Waals surface area (Å²) < 4.78 is 11.4. The minimum Gasteiger partial charge on any atom is -0.495 e. The number of nitrogens with zero attached hydrogens (tertiary/aromatic N) is 6. The highest BCUT2D eigenvalue weighted by atomic mass is 32.1. The Balaban J connectivity index is 1.19. The molecule has 2 aromatic heterocycles. The second kappa shape index (κ2) is 13.5. The number of hydrogen-bond donors (Lipinski definition) is 3. The van der Waals surface area contributed by atoms with Gasteiger partial charge in [0.1, 0.15) is 17.1 Å². The van der Waals surface area contributed by atoms with Gasteiger partial charge in [0.15, 0.2) is 11.6 Å². The molecule has 0 unspecified atom stereocenters. The monoisotopic (exact) mass is 593 g/mol. The van der Waals surface area contributed by atoms with Crippen LogP contribution >= 0.6 is 11.3 Å². The summed E-state index contributed by atoms with van der Waals surface area (Å²) in [5.74, 6) is 2.19. The number of hydrogen-bond acceptors (Lipinski definition) is 12. The predicted octanol–water partition coefficient (Wildman–Crippen LogP) is 3.62. The summed E-state index contributed by atoms with van der Waals surface area (Å²) in [6, 6.07) is 7.22. The molecule has 0 amide bonds. The van der Waals surface area contributed by atoms with Crippen molar-refractivity contribution in [3.63, 3.8) is 0 Å². The van der Waals surface area contributed by atoms with Crippen molar-refractivity contribution in [1.29, 1.82) is 0 Å². The molecule has 3 aromatic rings. The molecule has 0 atom stereocenters. The molecule has 0 bridgehead atoms. The van der Waals surface area contributed by atoms with Crippen LogP contribution in [0.2, 0.25) is 0 Å². The third kappa shape index (κ3) is 6.63. The van der Waals surface area contributed by atoms with Gasteiger partial charge in [-0.1, -0.05) is 0 Å². The molecule has 12 heteroatoms. The van der Waals surface area contributed by atoms with E-state index in [1.165, 1.54) is 50.4 Å². The highest BCUT2D eigenvalue weighted by Gasteiger charge is 2.28. The number of nitrogens with one attached hydrogen (secondary N) is 2. The number of aromatic nitrogens is 3. The minimum atomic E-state index is 0.251. The number of piperazine rings is 1. The van der Waals surface area contributed by atoms with E-state index in [1.54, 1.807) is 7.11 Å². The maximum absolute atomic E-state index is 6.18. The van der Waals surface area contributed by atoms with Gasteiger partial charge in [0.25, 0.3) is 0 Å². The van der Waals surface area contributed by atoms with Crippen LogP contribution in [0.1, 0.15) is 31.4 Å². The normalized spacial score (nSPS) is 19.6. The Bertz CT molecular complexity index is 1300. The van der Waals surface area contributed by atoms with Crippen LogP contribution in [0.25, 0.3) is 11.4 Å². The fourth-order valence-electron chi connectivity index (χ4n) is 6.17. The SMILES string of the molecule is COc1cc(Nc2nc(NC3CCOCC3)c(-c3cscn3)nc2CN)ccc1N1CCC(N2CCN(C)CC2)CC1. The second-order valence-corrected chi connectivity index (χ2v) is 12.1. The maximum Gasteiger partial charge on any atom is 0.156 e. The highest BCUT2D eigenvalue weighted by Crippen LogP contribution is 2.36. The summed E-state index contributed by atoms with van der Waals surface area (Å²) in [7, 11) is 3.96. The van der Waals surface area contributed by atoms with Crippen molar-refractivity contribution in [1.82, 2.24) is 24.8 Å². The molecule has 0 aliphatic carbocycles. The number of piperidine rings is 1. The molecule has 1 aromatic carbocycles. The molecule has 0 spiro atoms. The van der Waals surface area contributed by atoms with E-state index in [4.69, 9.17) is 25.2 Å². The van der Waals surface area contributed by atoms with Crippen molar-refractivity contribution in [3.05, 3.63) is 34.8 Å². The van der Waals surface area contributed by atoms with E-state index in [0.717, 1.165) is 67.7 Å². The summed E-state index contributed by atoms with van der Waals surface area (Å²) in [4.78, 5) is 22.0. The number of anilines is 4. The average molecular weight is 594 g/mol. The van der Waals surface area contributed by atoms with Gasteiger partial charge in [0.2, 0.25) is 0 Å². The number of ether oxygens (including phenoxy) is 2. The Morgan fingerprint density at radius 1 is 1.02 bits per heavy atom. The molecule has 0 saturated carbocycles. The van der Waals surface area contributed by atoms with Crippen molar-refractivity contribution in [3.8, 4) is 17.1 Å². The van der Waals surface area contributed by atoms with Crippen molar-refractivity contribution in [2.45, 2.75) is 44.3 Å². The molecule has 5 heterocycles. The summed E-state index contributed by atoms with van der Waals surface area (Å²) in [5.41, 5.74) is 12.2. The minimum absolute atomic E-state index is 0.251. The molecule has 6 rings (SSSR count). The van der Waals surface area contributed by atoms with Crippen LogP contribution in [0.3, 0.4) is 0 Å². The molecule has 3 aliphatic rings. The van der Waals surface area contributed by atoms with Gasteiger partial charge in [0.05, 0.1) is 24.0 Å². The van der Waals surface area contributed by atoms with Gasteiger partial charge < -0.3 is 35.6 Å². The molecule has 226 valence electrons. The van der Waals surface area contributed by atoms with Crippen molar-refractivity contribution < 1.29 is 9.47 Å². The van der Waals surface area contributed by atoms with E-state index in [2.05, 4.69) is 49.5 Å². The van der Waals surface area contributed by atoms with Gasteiger partial charge in [-0.15, -0.1) is 11.3 Å². The van der Waals surface area contributed by atoms with Gasteiger partial charge in [-0.3, -0.25) is 4.90 Å². The lowest BCUT2D eigenvalue weighted by Gasteiger charge is -2.42. The third-order valence-electron chi connectivity index (χ3n) is 8.70. The quantitative estimate of drug-likeness (QED) is 0.338. The van der Waals surface area contributed by atoms with Crippen molar-refractivity contribution in [2.24, 2.45) is 5.73 Å². The second-order valence-electron chi connectivity index (χ2n) is 11.4. The topological polar surface area (TPSA) is 117 Å². The van der Waals surface area contributed by atoms with Gasteiger partial charge >= 0.3 is 0 Å². The van der Waals surface area contributed by atoms with E-state index < -0.39 is 0 Å². The van der Waals surface area contributed by atoms with Gasteiger partial charge in [-0.05, 0) is 44.9 Å². The largest absolute Gasteiger partial charge is 0.495 e. The molecule has 42 heavy (non-hydrogen) atoms. The van der Waals surface area contributed by atoms with E-state index in [9.17, 15) is 0 Å².